The molecule has 1 aliphatic heterocycles. The van der Waals surface area contributed by atoms with E-state index in [0.717, 1.165) is 48.3 Å². The average Bonchev–Trinajstić information content (AvgIpc) is 2.58. The second-order valence-corrected chi connectivity index (χ2v) is 5.64. The molecule has 3 nitrogen and oxygen atoms in total. The molecular formula is C16H23NO2. The number of likely N-dealkylation sites (N-methyl/N-ethyl adjacent to an activating group) is 1. The molecular weight excluding hydrogens is 238 g/mol. The predicted octanol–water partition coefficient (Wildman–Crippen LogP) is 2.76. The fourth-order valence-electron chi connectivity index (χ4n) is 2.70. The van der Waals surface area contributed by atoms with E-state index >= 15 is 0 Å². The summed E-state index contributed by atoms with van der Waals surface area (Å²) in [4.78, 5) is 14.2. The minimum Gasteiger partial charge on any atom is -0.493 e. The molecule has 0 unspecified atom stereocenters. The Morgan fingerprint density at radius 1 is 1.32 bits per heavy atom. The van der Waals surface area contributed by atoms with Gasteiger partial charge in [-0.25, -0.2) is 0 Å². The Bertz CT molecular complexity index is 492. The van der Waals surface area contributed by atoms with Gasteiger partial charge in [0.2, 0.25) is 0 Å². The van der Waals surface area contributed by atoms with Gasteiger partial charge in [0.15, 0.2) is 5.78 Å². The van der Waals surface area contributed by atoms with E-state index in [4.69, 9.17) is 4.74 Å². The summed E-state index contributed by atoms with van der Waals surface area (Å²) >= 11 is 0. The van der Waals surface area contributed by atoms with Gasteiger partial charge >= 0.3 is 0 Å². The minimum atomic E-state index is 0.192. The molecule has 0 spiro atoms. The van der Waals surface area contributed by atoms with Crippen LogP contribution in [0.4, 0.5) is 0 Å². The highest BCUT2D eigenvalue weighted by Gasteiger charge is 2.20. The number of Topliss-reactive ketones (excluding diaryl/α,β-unsaturated/α-hetero) is 1. The molecule has 1 aliphatic rings. The van der Waals surface area contributed by atoms with Crippen LogP contribution in [0.1, 0.15) is 39.9 Å². The smallest absolute Gasteiger partial charge is 0.177 e. The van der Waals surface area contributed by atoms with Crippen LogP contribution in [0.3, 0.4) is 0 Å². The highest BCUT2D eigenvalue weighted by Crippen LogP contribution is 2.33. The normalized spacial score (nSPS) is 14.8. The molecule has 0 N–H and O–H groups in total. The first-order chi connectivity index (χ1) is 9.00. The SMILES string of the molecule is Cc1cc(C(=O)CN(C)C)c(C)c2c1OCCCC2. The molecule has 1 heterocycles. The molecule has 104 valence electrons. The lowest BCUT2D eigenvalue weighted by atomic mass is 9.92. The van der Waals surface area contributed by atoms with Crippen LogP contribution in [0.25, 0.3) is 0 Å². The van der Waals surface area contributed by atoms with Gasteiger partial charge in [0.1, 0.15) is 5.75 Å². The van der Waals surface area contributed by atoms with Crippen molar-refractivity contribution in [1.82, 2.24) is 4.90 Å². The zero-order valence-corrected chi connectivity index (χ0v) is 12.4. The molecule has 0 saturated heterocycles. The van der Waals surface area contributed by atoms with Gasteiger partial charge in [-0.15, -0.1) is 0 Å². The number of hydrogen-bond acceptors (Lipinski definition) is 3. The summed E-state index contributed by atoms with van der Waals surface area (Å²) in [5.41, 5.74) is 4.29. The second-order valence-electron chi connectivity index (χ2n) is 5.64. The first-order valence-electron chi connectivity index (χ1n) is 6.94. The third kappa shape index (κ3) is 2.98. The monoisotopic (exact) mass is 261 g/mol. The topological polar surface area (TPSA) is 29.5 Å². The van der Waals surface area contributed by atoms with Crippen LogP contribution < -0.4 is 4.74 Å². The summed E-state index contributed by atoms with van der Waals surface area (Å²) in [5, 5.41) is 0. The van der Waals surface area contributed by atoms with E-state index in [2.05, 4.69) is 6.92 Å². The number of fused-ring (bicyclic) bond motifs is 1. The van der Waals surface area contributed by atoms with Gasteiger partial charge in [-0.05, 0) is 70.0 Å². The molecule has 1 aromatic carbocycles. The van der Waals surface area contributed by atoms with Crippen LogP contribution in [0.2, 0.25) is 0 Å². The fourth-order valence-corrected chi connectivity index (χ4v) is 2.70. The quantitative estimate of drug-likeness (QED) is 0.784. The van der Waals surface area contributed by atoms with Crippen LogP contribution >= 0.6 is 0 Å². The lowest BCUT2D eigenvalue weighted by molar-refractivity contribution is 0.0957. The Morgan fingerprint density at radius 3 is 2.74 bits per heavy atom. The molecule has 0 amide bonds. The van der Waals surface area contributed by atoms with Gasteiger partial charge in [0.05, 0.1) is 13.2 Å². The van der Waals surface area contributed by atoms with E-state index in [1.807, 2.05) is 32.0 Å². The average molecular weight is 261 g/mol. The van der Waals surface area contributed by atoms with Crippen molar-refractivity contribution >= 4 is 5.78 Å². The lowest BCUT2D eigenvalue weighted by Crippen LogP contribution is -2.22. The van der Waals surface area contributed by atoms with Crippen molar-refractivity contribution in [2.24, 2.45) is 0 Å². The van der Waals surface area contributed by atoms with E-state index in [1.165, 1.54) is 5.56 Å². The number of benzene rings is 1. The zero-order valence-electron chi connectivity index (χ0n) is 12.4. The van der Waals surface area contributed by atoms with Crippen LogP contribution in [0.5, 0.6) is 5.75 Å². The Hall–Kier alpha value is -1.35. The van der Waals surface area contributed by atoms with Crippen LogP contribution in [-0.4, -0.2) is 37.9 Å². The number of rotatable bonds is 3. The Balaban J connectivity index is 2.44. The standard InChI is InChI=1S/C16H23NO2/c1-11-9-14(15(18)10-17(3)4)12(2)13-7-5-6-8-19-16(11)13/h9H,5-8,10H2,1-4H3. The van der Waals surface area contributed by atoms with Gasteiger partial charge < -0.3 is 9.64 Å². The second kappa shape index (κ2) is 5.74. The molecule has 0 aliphatic carbocycles. The zero-order chi connectivity index (χ0) is 14.0. The van der Waals surface area contributed by atoms with Gasteiger partial charge in [-0.1, -0.05) is 0 Å². The fraction of sp³-hybridized carbons (Fsp3) is 0.562. The van der Waals surface area contributed by atoms with E-state index in [1.54, 1.807) is 0 Å². The van der Waals surface area contributed by atoms with Crippen molar-refractivity contribution in [2.75, 3.05) is 27.2 Å². The maximum Gasteiger partial charge on any atom is 0.177 e. The molecule has 0 radical (unpaired) electrons. The molecule has 0 aromatic heterocycles. The summed E-state index contributed by atoms with van der Waals surface area (Å²) in [6, 6.07) is 1.99. The number of carbonyl (C=O) groups is 1. The summed E-state index contributed by atoms with van der Waals surface area (Å²) in [6.45, 7) is 5.34. The Labute approximate surface area is 115 Å². The van der Waals surface area contributed by atoms with Crippen molar-refractivity contribution in [3.05, 3.63) is 28.3 Å². The van der Waals surface area contributed by atoms with E-state index in [-0.39, 0.29) is 5.78 Å². The van der Waals surface area contributed by atoms with Crippen molar-refractivity contribution in [3.8, 4) is 5.75 Å². The third-order valence-corrected chi connectivity index (χ3v) is 3.68. The molecule has 0 bridgehead atoms. The summed E-state index contributed by atoms with van der Waals surface area (Å²) < 4.78 is 5.85. The highest BCUT2D eigenvalue weighted by atomic mass is 16.5. The molecule has 1 aromatic rings. The van der Waals surface area contributed by atoms with Gasteiger partial charge in [-0.2, -0.15) is 0 Å². The largest absolute Gasteiger partial charge is 0.493 e. The molecule has 2 rings (SSSR count). The predicted molar refractivity (Wildman–Crippen MR) is 77.2 cm³/mol. The molecule has 0 fully saturated rings. The number of ketones is 1. The van der Waals surface area contributed by atoms with Gasteiger partial charge in [0, 0.05) is 5.56 Å². The van der Waals surface area contributed by atoms with E-state index in [9.17, 15) is 4.79 Å². The van der Waals surface area contributed by atoms with Gasteiger partial charge in [-0.3, -0.25) is 4.79 Å². The summed E-state index contributed by atoms with van der Waals surface area (Å²) in [7, 11) is 3.85. The van der Waals surface area contributed by atoms with Crippen molar-refractivity contribution in [3.63, 3.8) is 0 Å². The van der Waals surface area contributed by atoms with E-state index < -0.39 is 0 Å². The van der Waals surface area contributed by atoms with Crippen molar-refractivity contribution in [2.45, 2.75) is 33.1 Å². The third-order valence-electron chi connectivity index (χ3n) is 3.68. The van der Waals surface area contributed by atoms with Crippen molar-refractivity contribution < 1.29 is 9.53 Å². The number of carbonyl (C=O) groups excluding carboxylic acids is 1. The lowest BCUT2D eigenvalue weighted by Gasteiger charge is -2.17. The minimum absolute atomic E-state index is 0.192. The Kier molecular flexibility index (Phi) is 4.25. The maximum atomic E-state index is 12.3. The Morgan fingerprint density at radius 2 is 2.05 bits per heavy atom. The molecule has 3 heteroatoms. The number of ether oxygens (including phenoxy) is 1. The summed E-state index contributed by atoms with van der Waals surface area (Å²) in [5.74, 6) is 1.20. The molecule has 0 atom stereocenters. The maximum absolute atomic E-state index is 12.3. The number of hydrogen-bond donors (Lipinski definition) is 0. The van der Waals surface area contributed by atoms with Crippen molar-refractivity contribution in [1.29, 1.82) is 0 Å². The molecule has 0 saturated carbocycles. The van der Waals surface area contributed by atoms with Gasteiger partial charge in [0.25, 0.3) is 0 Å². The number of aryl methyl sites for hydroxylation is 1. The van der Waals surface area contributed by atoms with E-state index in [0.29, 0.717) is 6.54 Å². The molecule has 19 heavy (non-hydrogen) atoms. The first kappa shape index (κ1) is 14.1. The highest BCUT2D eigenvalue weighted by molar-refractivity contribution is 5.99. The van der Waals surface area contributed by atoms with Crippen LogP contribution in [-0.2, 0) is 6.42 Å². The first-order valence-corrected chi connectivity index (χ1v) is 6.94. The van der Waals surface area contributed by atoms with Crippen LogP contribution in [0.15, 0.2) is 6.07 Å². The summed E-state index contributed by atoms with van der Waals surface area (Å²) in [6.07, 6.45) is 3.25. The van der Waals surface area contributed by atoms with Crippen LogP contribution in [0, 0.1) is 13.8 Å². The number of nitrogens with zero attached hydrogens (tertiary/aromatic N) is 1.